The van der Waals surface area contributed by atoms with Crippen molar-refractivity contribution in [2.45, 2.75) is 17.2 Å². The van der Waals surface area contributed by atoms with Gasteiger partial charge in [0, 0.05) is 13.2 Å². The van der Waals surface area contributed by atoms with Crippen LogP contribution in [0, 0.1) is 0 Å². The van der Waals surface area contributed by atoms with E-state index in [4.69, 9.17) is 0 Å². The minimum absolute atomic E-state index is 0.179. The maximum atomic E-state index is 12.0. The van der Waals surface area contributed by atoms with Gasteiger partial charge in [-0.1, -0.05) is 6.07 Å². The molecule has 2 rings (SSSR count). The van der Waals surface area contributed by atoms with Gasteiger partial charge in [0.1, 0.15) is 4.21 Å². The van der Waals surface area contributed by atoms with Crippen LogP contribution < -0.4 is 10.0 Å². The lowest BCUT2D eigenvalue weighted by molar-refractivity contribution is -0.117. The van der Waals surface area contributed by atoms with Crippen LogP contribution >= 0.6 is 11.3 Å². The van der Waals surface area contributed by atoms with Crippen molar-refractivity contribution in [1.82, 2.24) is 14.5 Å². The van der Waals surface area contributed by atoms with Gasteiger partial charge in [-0.15, -0.1) is 11.3 Å². The van der Waals surface area contributed by atoms with Crippen LogP contribution in [0.4, 0.5) is 5.69 Å². The summed E-state index contributed by atoms with van der Waals surface area (Å²) >= 11 is 1.10. The third kappa shape index (κ3) is 3.44. The molecule has 2 heterocycles. The SMILES string of the molecule is CC(NS(=O)(=O)c1cccs1)C(=O)Nc1cnn(C)c1. The second kappa shape index (κ2) is 5.73. The number of thiophene rings is 1. The zero-order chi connectivity index (χ0) is 14.8. The molecule has 0 bridgehead atoms. The quantitative estimate of drug-likeness (QED) is 0.853. The number of hydrogen-bond acceptors (Lipinski definition) is 5. The average Bonchev–Trinajstić information content (AvgIpc) is 3.00. The zero-order valence-electron chi connectivity index (χ0n) is 10.9. The van der Waals surface area contributed by atoms with Gasteiger partial charge in [0.05, 0.1) is 17.9 Å². The fourth-order valence-electron chi connectivity index (χ4n) is 1.50. The molecule has 0 aliphatic heterocycles. The fourth-order valence-corrected chi connectivity index (χ4v) is 3.71. The Morgan fingerprint density at radius 1 is 1.50 bits per heavy atom. The first-order valence-electron chi connectivity index (χ1n) is 5.74. The number of aromatic nitrogens is 2. The van der Waals surface area contributed by atoms with E-state index in [2.05, 4.69) is 15.1 Å². The maximum Gasteiger partial charge on any atom is 0.250 e. The molecule has 9 heteroatoms. The third-order valence-electron chi connectivity index (χ3n) is 2.46. The summed E-state index contributed by atoms with van der Waals surface area (Å²) < 4.78 is 28.0. The van der Waals surface area contributed by atoms with E-state index in [1.807, 2.05) is 0 Å². The molecular weight excluding hydrogens is 300 g/mol. The van der Waals surface area contributed by atoms with Crippen molar-refractivity contribution in [1.29, 1.82) is 0 Å². The van der Waals surface area contributed by atoms with E-state index in [1.165, 1.54) is 23.9 Å². The van der Waals surface area contributed by atoms with Crippen molar-refractivity contribution in [2.24, 2.45) is 7.05 Å². The van der Waals surface area contributed by atoms with Crippen LogP contribution in [0.2, 0.25) is 0 Å². The van der Waals surface area contributed by atoms with E-state index in [9.17, 15) is 13.2 Å². The molecule has 108 valence electrons. The first-order chi connectivity index (χ1) is 9.38. The lowest BCUT2D eigenvalue weighted by Crippen LogP contribution is -2.41. The van der Waals surface area contributed by atoms with Crippen molar-refractivity contribution in [3.63, 3.8) is 0 Å². The van der Waals surface area contributed by atoms with Crippen molar-refractivity contribution < 1.29 is 13.2 Å². The van der Waals surface area contributed by atoms with E-state index in [0.717, 1.165) is 11.3 Å². The Balaban J connectivity index is 2.01. The highest BCUT2D eigenvalue weighted by atomic mass is 32.2. The molecule has 0 spiro atoms. The average molecular weight is 314 g/mol. The van der Waals surface area contributed by atoms with Crippen LogP contribution in [-0.4, -0.2) is 30.1 Å². The highest BCUT2D eigenvalue weighted by Gasteiger charge is 2.22. The Morgan fingerprint density at radius 3 is 2.80 bits per heavy atom. The minimum Gasteiger partial charge on any atom is -0.322 e. The summed E-state index contributed by atoms with van der Waals surface area (Å²) in [6.45, 7) is 1.48. The maximum absolute atomic E-state index is 12.0. The van der Waals surface area contributed by atoms with Gasteiger partial charge in [-0.2, -0.15) is 9.82 Å². The molecule has 2 aromatic heterocycles. The second-order valence-corrected chi connectivity index (χ2v) is 7.06. The number of anilines is 1. The molecule has 1 unspecified atom stereocenters. The minimum atomic E-state index is -3.66. The molecule has 0 aliphatic rings. The zero-order valence-corrected chi connectivity index (χ0v) is 12.5. The van der Waals surface area contributed by atoms with E-state index in [0.29, 0.717) is 5.69 Å². The summed E-state index contributed by atoms with van der Waals surface area (Å²) in [7, 11) is -1.94. The molecule has 0 aromatic carbocycles. The van der Waals surface area contributed by atoms with Crippen LogP contribution in [0.25, 0.3) is 0 Å². The van der Waals surface area contributed by atoms with Crippen molar-refractivity contribution in [2.75, 3.05) is 5.32 Å². The number of aryl methyl sites for hydroxylation is 1. The number of amides is 1. The molecule has 2 aromatic rings. The van der Waals surface area contributed by atoms with Crippen LogP contribution in [0.5, 0.6) is 0 Å². The molecule has 0 radical (unpaired) electrons. The van der Waals surface area contributed by atoms with Gasteiger partial charge in [0.15, 0.2) is 0 Å². The van der Waals surface area contributed by atoms with Crippen molar-refractivity contribution in [3.8, 4) is 0 Å². The van der Waals surface area contributed by atoms with E-state index in [-0.39, 0.29) is 4.21 Å². The Morgan fingerprint density at radius 2 is 2.25 bits per heavy atom. The summed E-state index contributed by atoms with van der Waals surface area (Å²) in [5.74, 6) is -0.446. The summed E-state index contributed by atoms with van der Waals surface area (Å²) in [5.41, 5.74) is 0.514. The topological polar surface area (TPSA) is 93.1 Å². The lowest BCUT2D eigenvalue weighted by atomic mass is 10.3. The van der Waals surface area contributed by atoms with Crippen LogP contribution in [0.15, 0.2) is 34.1 Å². The number of carbonyl (C=O) groups excluding carboxylic acids is 1. The van der Waals surface area contributed by atoms with Crippen LogP contribution in [0.1, 0.15) is 6.92 Å². The van der Waals surface area contributed by atoms with Crippen molar-refractivity contribution >= 4 is 33.0 Å². The number of hydrogen-bond donors (Lipinski definition) is 2. The second-order valence-electron chi connectivity index (χ2n) is 4.17. The number of nitrogens with one attached hydrogen (secondary N) is 2. The molecule has 0 saturated carbocycles. The van der Waals surface area contributed by atoms with E-state index in [1.54, 1.807) is 24.7 Å². The standard InChI is InChI=1S/C11H14N4O3S2/c1-8(11(16)13-9-6-12-15(2)7-9)14-20(17,18)10-4-3-5-19-10/h3-8,14H,1-2H3,(H,13,16). The first-order valence-corrected chi connectivity index (χ1v) is 8.10. The summed E-state index contributed by atoms with van der Waals surface area (Å²) in [6.07, 6.45) is 3.11. The molecule has 1 amide bonds. The monoisotopic (exact) mass is 314 g/mol. The summed E-state index contributed by atoms with van der Waals surface area (Å²) in [5, 5.41) is 8.16. The molecule has 7 nitrogen and oxygen atoms in total. The third-order valence-corrected chi connectivity index (χ3v) is 5.40. The highest BCUT2D eigenvalue weighted by Crippen LogP contribution is 2.16. The van der Waals surface area contributed by atoms with E-state index >= 15 is 0 Å². The predicted molar refractivity (Wildman–Crippen MR) is 75.9 cm³/mol. The molecule has 1 atom stereocenters. The number of nitrogens with zero attached hydrogens (tertiary/aromatic N) is 2. The largest absolute Gasteiger partial charge is 0.322 e. The van der Waals surface area contributed by atoms with Gasteiger partial charge in [-0.05, 0) is 18.4 Å². The van der Waals surface area contributed by atoms with Crippen LogP contribution in [0.3, 0.4) is 0 Å². The smallest absolute Gasteiger partial charge is 0.250 e. The summed E-state index contributed by atoms with van der Waals surface area (Å²) in [4.78, 5) is 11.9. The predicted octanol–water partition coefficient (Wildman–Crippen LogP) is 0.787. The van der Waals surface area contributed by atoms with Gasteiger partial charge in [0.25, 0.3) is 10.0 Å². The van der Waals surface area contributed by atoms with Crippen molar-refractivity contribution in [3.05, 3.63) is 29.9 Å². The van der Waals surface area contributed by atoms with Gasteiger partial charge in [-0.25, -0.2) is 8.42 Å². The molecular formula is C11H14N4O3S2. The van der Waals surface area contributed by atoms with Crippen LogP contribution in [-0.2, 0) is 21.9 Å². The molecule has 0 aliphatic carbocycles. The Bertz CT molecular complexity index is 691. The molecule has 20 heavy (non-hydrogen) atoms. The normalized spacial score (nSPS) is 13.1. The van der Waals surface area contributed by atoms with Gasteiger partial charge >= 0.3 is 0 Å². The fraction of sp³-hybridized carbons (Fsp3) is 0.273. The van der Waals surface area contributed by atoms with Gasteiger partial charge in [0.2, 0.25) is 5.91 Å². The first kappa shape index (κ1) is 14.7. The van der Waals surface area contributed by atoms with Gasteiger partial charge < -0.3 is 5.32 Å². The Hall–Kier alpha value is -1.71. The number of rotatable bonds is 5. The number of sulfonamides is 1. The van der Waals surface area contributed by atoms with Gasteiger partial charge in [-0.3, -0.25) is 9.48 Å². The lowest BCUT2D eigenvalue weighted by Gasteiger charge is -2.12. The molecule has 2 N–H and O–H groups in total. The number of carbonyl (C=O) groups is 1. The summed E-state index contributed by atoms with van der Waals surface area (Å²) in [6, 6.07) is 2.24. The van der Waals surface area contributed by atoms with E-state index < -0.39 is 22.0 Å². The molecule has 0 fully saturated rings. The molecule has 0 saturated heterocycles. The Kier molecular flexibility index (Phi) is 4.21. The highest BCUT2D eigenvalue weighted by molar-refractivity contribution is 7.91. The Labute approximate surface area is 120 Å².